The molecule has 1 aromatic rings. The zero-order valence-corrected chi connectivity index (χ0v) is 12.7. The normalized spacial score (nSPS) is 12.9. The van der Waals surface area contributed by atoms with Gasteiger partial charge in [0.15, 0.2) is 0 Å². The lowest BCUT2D eigenvalue weighted by Gasteiger charge is -2.22. The van der Waals surface area contributed by atoms with Gasteiger partial charge >= 0.3 is 0 Å². The summed E-state index contributed by atoms with van der Waals surface area (Å²) in [6.45, 7) is 12.8. The summed E-state index contributed by atoms with van der Waals surface area (Å²) < 4.78 is 0. The highest BCUT2D eigenvalue weighted by Gasteiger charge is 2.12. The minimum Gasteiger partial charge on any atom is -0.394 e. The van der Waals surface area contributed by atoms with Crippen LogP contribution in [0, 0.1) is 13.8 Å². The average molecular weight is 264 g/mol. The Balaban J connectivity index is 2.58. The molecule has 0 aromatic heterocycles. The first-order valence-corrected chi connectivity index (χ1v) is 7.26. The number of benzene rings is 1. The third kappa shape index (κ3) is 4.94. The fourth-order valence-corrected chi connectivity index (χ4v) is 2.43. The second kappa shape index (κ2) is 8.31. The quantitative estimate of drug-likeness (QED) is 0.756. The highest BCUT2D eigenvalue weighted by atomic mass is 16.3. The number of likely N-dealkylation sites (N-methyl/N-ethyl adjacent to an activating group) is 1. The fraction of sp³-hybridized carbons (Fsp3) is 0.625. The first kappa shape index (κ1) is 16.2. The molecule has 3 nitrogen and oxygen atoms in total. The predicted molar refractivity (Wildman–Crippen MR) is 81.5 cm³/mol. The third-order valence-corrected chi connectivity index (χ3v) is 3.70. The zero-order valence-electron chi connectivity index (χ0n) is 12.7. The van der Waals surface area contributed by atoms with E-state index < -0.39 is 0 Å². The average Bonchev–Trinajstić information content (AvgIpc) is 2.40. The van der Waals surface area contributed by atoms with E-state index in [1.807, 2.05) is 0 Å². The van der Waals surface area contributed by atoms with Crippen LogP contribution in [0.25, 0.3) is 0 Å². The van der Waals surface area contributed by atoms with Crippen LogP contribution in [0.1, 0.15) is 36.6 Å². The molecule has 19 heavy (non-hydrogen) atoms. The molecule has 0 spiro atoms. The van der Waals surface area contributed by atoms with Crippen LogP contribution in [-0.4, -0.2) is 42.8 Å². The summed E-state index contributed by atoms with van der Waals surface area (Å²) in [5.41, 5.74) is 3.71. The summed E-state index contributed by atoms with van der Waals surface area (Å²) in [5, 5.41) is 13.0. The zero-order chi connectivity index (χ0) is 14.3. The Hall–Kier alpha value is -0.900. The van der Waals surface area contributed by atoms with Crippen LogP contribution in [0.4, 0.5) is 0 Å². The molecule has 0 aliphatic carbocycles. The van der Waals surface area contributed by atoms with Crippen molar-refractivity contribution >= 4 is 0 Å². The van der Waals surface area contributed by atoms with Gasteiger partial charge in [-0.2, -0.15) is 0 Å². The molecule has 1 rings (SSSR count). The van der Waals surface area contributed by atoms with Gasteiger partial charge < -0.3 is 15.3 Å². The van der Waals surface area contributed by atoms with E-state index in [-0.39, 0.29) is 12.6 Å². The molecule has 3 heteroatoms. The molecular formula is C16H28N2O. The molecule has 108 valence electrons. The Kier molecular flexibility index (Phi) is 7.06. The van der Waals surface area contributed by atoms with Crippen molar-refractivity contribution in [2.75, 3.05) is 32.8 Å². The molecule has 0 radical (unpaired) electrons. The number of hydrogen-bond acceptors (Lipinski definition) is 3. The van der Waals surface area contributed by atoms with Crippen molar-refractivity contribution in [1.82, 2.24) is 10.2 Å². The molecule has 0 aliphatic rings. The maximum atomic E-state index is 9.58. The van der Waals surface area contributed by atoms with E-state index >= 15 is 0 Å². The first-order chi connectivity index (χ1) is 9.12. The number of nitrogens with one attached hydrogen (secondary N) is 1. The van der Waals surface area contributed by atoms with Crippen LogP contribution in [0.5, 0.6) is 0 Å². The largest absolute Gasteiger partial charge is 0.394 e. The lowest BCUT2D eigenvalue weighted by molar-refractivity contribution is 0.233. The summed E-state index contributed by atoms with van der Waals surface area (Å²) in [7, 11) is 0. The van der Waals surface area contributed by atoms with Crippen LogP contribution >= 0.6 is 0 Å². The van der Waals surface area contributed by atoms with Crippen LogP contribution < -0.4 is 5.32 Å². The van der Waals surface area contributed by atoms with E-state index in [0.717, 1.165) is 26.2 Å². The first-order valence-electron chi connectivity index (χ1n) is 7.26. The van der Waals surface area contributed by atoms with Gasteiger partial charge in [0.25, 0.3) is 0 Å². The van der Waals surface area contributed by atoms with Gasteiger partial charge in [-0.3, -0.25) is 0 Å². The molecule has 0 amide bonds. The van der Waals surface area contributed by atoms with Crippen molar-refractivity contribution < 1.29 is 5.11 Å². The Morgan fingerprint density at radius 3 is 2.42 bits per heavy atom. The predicted octanol–water partition coefficient (Wildman–Crippen LogP) is 2.27. The van der Waals surface area contributed by atoms with Crippen molar-refractivity contribution in [3.05, 3.63) is 34.9 Å². The topological polar surface area (TPSA) is 35.5 Å². The van der Waals surface area contributed by atoms with Crippen molar-refractivity contribution in [3.63, 3.8) is 0 Å². The summed E-state index contributed by atoms with van der Waals surface area (Å²) in [4.78, 5) is 2.38. The number of aliphatic hydroxyl groups is 1. The lowest BCUT2D eigenvalue weighted by Crippen LogP contribution is -2.35. The Bertz CT molecular complexity index is 375. The van der Waals surface area contributed by atoms with Gasteiger partial charge in [-0.05, 0) is 38.1 Å². The van der Waals surface area contributed by atoms with Gasteiger partial charge in [-0.1, -0.05) is 37.6 Å². The summed E-state index contributed by atoms with van der Waals surface area (Å²) in [5.74, 6) is 0. The molecule has 2 N–H and O–H groups in total. The molecule has 0 aliphatic heterocycles. The molecule has 0 saturated carbocycles. The third-order valence-electron chi connectivity index (χ3n) is 3.70. The molecule has 0 fully saturated rings. The number of nitrogens with zero attached hydrogens (tertiary/aromatic N) is 1. The highest BCUT2D eigenvalue weighted by molar-refractivity contribution is 5.32. The molecule has 1 unspecified atom stereocenters. The summed E-state index contributed by atoms with van der Waals surface area (Å²) >= 11 is 0. The van der Waals surface area contributed by atoms with Gasteiger partial charge in [-0.15, -0.1) is 0 Å². The van der Waals surface area contributed by atoms with Crippen molar-refractivity contribution in [3.8, 4) is 0 Å². The SMILES string of the molecule is CCN(CC)CCNC(CO)c1ccc(C)cc1C. The van der Waals surface area contributed by atoms with Crippen molar-refractivity contribution in [1.29, 1.82) is 0 Å². The van der Waals surface area contributed by atoms with E-state index in [4.69, 9.17) is 0 Å². The molecule has 0 heterocycles. The van der Waals surface area contributed by atoms with Gasteiger partial charge in [0, 0.05) is 13.1 Å². The maximum absolute atomic E-state index is 9.58. The lowest BCUT2D eigenvalue weighted by atomic mass is 9.99. The van der Waals surface area contributed by atoms with Gasteiger partial charge in [0.1, 0.15) is 0 Å². The van der Waals surface area contributed by atoms with E-state index in [1.54, 1.807) is 0 Å². The molecule has 1 atom stereocenters. The minimum absolute atomic E-state index is 0.0381. The summed E-state index contributed by atoms with van der Waals surface area (Å²) in [6.07, 6.45) is 0. The van der Waals surface area contributed by atoms with E-state index in [1.165, 1.54) is 16.7 Å². The molecule has 1 aromatic carbocycles. The molecular weight excluding hydrogens is 236 g/mol. The standard InChI is InChI=1S/C16H28N2O/c1-5-18(6-2)10-9-17-16(12-19)15-8-7-13(3)11-14(15)4/h7-8,11,16-17,19H,5-6,9-10,12H2,1-4H3. The molecule has 0 saturated heterocycles. The Morgan fingerprint density at radius 2 is 1.89 bits per heavy atom. The van der Waals surface area contributed by atoms with Crippen LogP contribution in [0.2, 0.25) is 0 Å². The number of rotatable bonds is 8. The van der Waals surface area contributed by atoms with Crippen molar-refractivity contribution in [2.24, 2.45) is 0 Å². The number of aryl methyl sites for hydroxylation is 2. The van der Waals surface area contributed by atoms with Crippen LogP contribution in [0.15, 0.2) is 18.2 Å². The second-order valence-corrected chi connectivity index (χ2v) is 5.08. The van der Waals surface area contributed by atoms with Crippen LogP contribution in [-0.2, 0) is 0 Å². The maximum Gasteiger partial charge on any atom is 0.0626 e. The summed E-state index contributed by atoms with van der Waals surface area (Å²) in [6, 6.07) is 6.44. The second-order valence-electron chi connectivity index (χ2n) is 5.08. The van der Waals surface area contributed by atoms with E-state index in [2.05, 4.69) is 56.1 Å². The van der Waals surface area contributed by atoms with E-state index in [0.29, 0.717) is 0 Å². The van der Waals surface area contributed by atoms with Gasteiger partial charge in [0.2, 0.25) is 0 Å². The number of aliphatic hydroxyl groups excluding tert-OH is 1. The fourth-order valence-electron chi connectivity index (χ4n) is 2.43. The van der Waals surface area contributed by atoms with E-state index in [9.17, 15) is 5.11 Å². The monoisotopic (exact) mass is 264 g/mol. The smallest absolute Gasteiger partial charge is 0.0626 e. The minimum atomic E-state index is 0.0381. The molecule has 0 bridgehead atoms. The Morgan fingerprint density at radius 1 is 1.21 bits per heavy atom. The Labute approximate surface area is 117 Å². The number of hydrogen-bond donors (Lipinski definition) is 2. The van der Waals surface area contributed by atoms with Gasteiger partial charge in [0.05, 0.1) is 12.6 Å². The van der Waals surface area contributed by atoms with Crippen LogP contribution in [0.3, 0.4) is 0 Å². The van der Waals surface area contributed by atoms with Crippen molar-refractivity contribution in [2.45, 2.75) is 33.7 Å². The highest BCUT2D eigenvalue weighted by Crippen LogP contribution is 2.18. The van der Waals surface area contributed by atoms with Gasteiger partial charge in [-0.25, -0.2) is 0 Å².